The Labute approximate surface area is 235 Å². The van der Waals surface area contributed by atoms with E-state index in [-0.39, 0.29) is 35.8 Å². The molecular formula is C31H26F3N3O3S. The Morgan fingerprint density at radius 3 is 2.39 bits per heavy atom. The number of nitrogens with zero attached hydrogens (tertiary/aromatic N) is 1. The minimum atomic E-state index is -4.01. The number of carbonyl (C=O) groups excluding carboxylic acids is 1. The van der Waals surface area contributed by atoms with E-state index < -0.39 is 33.4 Å². The number of halogens is 3. The molecule has 10 heteroatoms. The molecule has 0 amide bonds. The molecule has 0 saturated heterocycles. The molecule has 210 valence electrons. The summed E-state index contributed by atoms with van der Waals surface area (Å²) in [6.07, 6.45) is 2.48. The van der Waals surface area contributed by atoms with Crippen molar-refractivity contribution in [2.45, 2.75) is 36.5 Å². The fourth-order valence-electron chi connectivity index (χ4n) is 5.26. The molecule has 41 heavy (non-hydrogen) atoms. The van der Waals surface area contributed by atoms with E-state index in [4.69, 9.17) is 10.9 Å². The molecule has 4 aromatic rings. The first-order valence-corrected chi connectivity index (χ1v) is 14.3. The molecule has 1 atom stereocenters. The van der Waals surface area contributed by atoms with Crippen molar-refractivity contribution >= 4 is 27.2 Å². The van der Waals surface area contributed by atoms with Gasteiger partial charge in [0, 0.05) is 30.4 Å². The van der Waals surface area contributed by atoms with Gasteiger partial charge in [0.25, 0.3) is 0 Å². The first-order valence-electron chi connectivity index (χ1n) is 12.8. The number of aromatic nitrogens is 1. The van der Waals surface area contributed by atoms with Crippen LogP contribution in [-0.4, -0.2) is 19.2 Å². The quantitative estimate of drug-likeness (QED) is 0.264. The Morgan fingerprint density at radius 1 is 0.902 bits per heavy atom. The molecule has 0 fully saturated rings. The van der Waals surface area contributed by atoms with Gasteiger partial charge in [0.15, 0.2) is 0 Å². The minimum Gasteiger partial charge on any atom is -0.384 e. The monoisotopic (exact) mass is 577 g/mol. The van der Waals surface area contributed by atoms with Gasteiger partial charge in [0.2, 0.25) is 10.0 Å². The van der Waals surface area contributed by atoms with Gasteiger partial charge in [-0.2, -0.15) is 0 Å². The molecule has 1 aliphatic carbocycles. The van der Waals surface area contributed by atoms with E-state index in [1.54, 1.807) is 18.2 Å². The maximum atomic E-state index is 14.1. The van der Waals surface area contributed by atoms with Crippen molar-refractivity contribution in [3.63, 3.8) is 0 Å². The number of sulfonamides is 1. The van der Waals surface area contributed by atoms with Gasteiger partial charge in [0.05, 0.1) is 10.6 Å². The highest BCUT2D eigenvalue weighted by Gasteiger charge is 2.25. The molecule has 0 saturated carbocycles. The van der Waals surface area contributed by atoms with Gasteiger partial charge >= 0.3 is 0 Å². The summed E-state index contributed by atoms with van der Waals surface area (Å²) in [5, 5.41) is 5.34. The predicted octanol–water partition coefficient (Wildman–Crippen LogP) is 5.71. The van der Waals surface area contributed by atoms with Crippen LogP contribution in [0.5, 0.6) is 0 Å². The molecule has 1 heterocycles. The Balaban J connectivity index is 1.54. The summed E-state index contributed by atoms with van der Waals surface area (Å²) in [6.45, 7) is 0. The number of rotatable bonds is 9. The summed E-state index contributed by atoms with van der Waals surface area (Å²) in [5.74, 6) is -2.65. The molecule has 0 bridgehead atoms. The second kappa shape index (κ2) is 11.3. The van der Waals surface area contributed by atoms with Crippen molar-refractivity contribution in [1.82, 2.24) is 4.98 Å². The van der Waals surface area contributed by atoms with Gasteiger partial charge in [0.1, 0.15) is 29.1 Å². The number of primary sulfonamides is 1. The predicted molar refractivity (Wildman–Crippen MR) is 151 cm³/mol. The first-order chi connectivity index (χ1) is 19.5. The second-order valence-corrected chi connectivity index (χ2v) is 11.6. The van der Waals surface area contributed by atoms with E-state index in [0.29, 0.717) is 39.9 Å². The zero-order valence-electron chi connectivity index (χ0n) is 21.8. The lowest BCUT2D eigenvalue weighted by Crippen LogP contribution is -2.15. The molecule has 1 unspecified atom stereocenters. The van der Waals surface area contributed by atoms with Crippen molar-refractivity contribution in [1.29, 1.82) is 0 Å². The number of hydrogen-bond donors (Lipinski definition) is 2. The Hall–Kier alpha value is -4.28. The number of nitrogens with two attached hydrogens (primary N) is 2. The van der Waals surface area contributed by atoms with Crippen LogP contribution in [0.1, 0.15) is 41.1 Å². The Morgan fingerprint density at radius 2 is 1.66 bits per heavy atom. The van der Waals surface area contributed by atoms with Crippen molar-refractivity contribution in [2.24, 2.45) is 5.14 Å². The molecule has 4 N–H and O–H groups in total. The Bertz CT molecular complexity index is 1790. The average molecular weight is 578 g/mol. The number of pyridine rings is 1. The number of fused-ring (bicyclic) bond motifs is 1. The number of benzene rings is 3. The summed E-state index contributed by atoms with van der Waals surface area (Å²) in [7, 11) is -4.01. The second-order valence-electron chi connectivity index (χ2n) is 10.1. The van der Waals surface area contributed by atoms with Gasteiger partial charge < -0.3 is 5.73 Å². The van der Waals surface area contributed by atoms with Crippen LogP contribution in [0.15, 0.2) is 83.8 Å². The minimum absolute atomic E-state index is 0.0308. The molecule has 1 aromatic heterocycles. The molecule has 0 radical (unpaired) electrons. The van der Waals surface area contributed by atoms with E-state index in [0.717, 1.165) is 11.6 Å². The standard InChI is InChI=1S/C31H26F3N3O3S/c32-23-7-6-19-4-5-21(29(19)17-23)13-26(38)14-22(10-18-11-24(33)16-25(34)12-18)31-28(8-9-30(35)37-31)20-2-1-3-27(15-20)41(36,39)40/h1-3,5-9,11-12,15-17,22H,4,10,13-14H2,(H2,35,37)(H2,36,39,40). The summed E-state index contributed by atoms with van der Waals surface area (Å²) in [4.78, 5) is 17.9. The van der Waals surface area contributed by atoms with Crippen molar-refractivity contribution < 1.29 is 26.4 Å². The van der Waals surface area contributed by atoms with E-state index in [9.17, 15) is 26.4 Å². The zero-order chi connectivity index (χ0) is 29.3. The van der Waals surface area contributed by atoms with Gasteiger partial charge in [-0.15, -0.1) is 0 Å². The van der Waals surface area contributed by atoms with Crippen LogP contribution in [0, 0.1) is 17.5 Å². The molecular weight excluding hydrogens is 551 g/mol. The smallest absolute Gasteiger partial charge is 0.238 e. The van der Waals surface area contributed by atoms with Crippen LogP contribution in [0.2, 0.25) is 0 Å². The highest BCUT2D eigenvalue weighted by atomic mass is 32.2. The van der Waals surface area contributed by atoms with E-state index >= 15 is 0 Å². The molecule has 0 aliphatic heterocycles. The number of carbonyl (C=O) groups is 1. The normalized spacial score (nSPS) is 13.5. The van der Waals surface area contributed by atoms with Crippen LogP contribution >= 0.6 is 0 Å². The fourth-order valence-corrected chi connectivity index (χ4v) is 5.82. The van der Waals surface area contributed by atoms with Gasteiger partial charge in [-0.3, -0.25) is 4.79 Å². The lowest BCUT2D eigenvalue weighted by Gasteiger charge is -2.21. The van der Waals surface area contributed by atoms with E-state index in [2.05, 4.69) is 4.98 Å². The van der Waals surface area contributed by atoms with Crippen LogP contribution < -0.4 is 10.9 Å². The zero-order valence-corrected chi connectivity index (χ0v) is 22.6. The SMILES string of the molecule is Nc1ccc(-c2cccc(S(N)(=O)=O)c2)c(C(CC(=O)CC2=CCc3ccc(F)cc32)Cc2cc(F)cc(F)c2)n1. The summed E-state index contributed by atoms with van der Waals surface area (Å²) in [6, 6.07) is 16.8. The number of nitrogen functional groups attached to an aromatic ring is 1. The van der Waals surface area contributed by atoms with Crippen molar-refractivity contribution in [3.8, 4) is 11.1 Å². The van der Waals surface area contributed by atoms with Crippen molar-refractivity contribution in [3.05, 3.63) is 119 Å². The molecule has 5 rings (SSSR count). The van der Waals surface area contributed by atoms with E-state index in [1.807, 2.05) is 6.08 Å². The number of ketones is 1. The van der Waals surface area contributed by atoms with Crippen LogP contribution in [0.4, 0.5) is 19.0 Å². The highest BCUT2D eigenvalue weighted by Crippen LogP contribution is 2.36. The van der Waals surface area contributed by atoms with Crippen LogP contribution in [0.3, 0.4) is 0 Å². The van der Waals surface area contributed by atoms with Crippen LogP contribution in [0.25, 0.3) is 16.7 Å². The third-order valence-electron chi connectivity index (χ3n) is 7.06. The summed E-state index contributed by atoms with van der Waals surface area (Å²) >= 11 is 0. The number of Topliss-reactive ketones (excluding diaryl/α,β-unsaturated/α-hetero) is 1. The molecule has 3 aromatic carbocycles. The maximum Gasteiger partial charge on any atom is 0.238 e. The lowest BCUT2D eigenvalue weighted by molar-refractivity contribution is -0.118. The molecule has 6 nitrogen and oxygen atoms in total. The first kappa shape index (κ1) is 28.3. The highest BCUT2D eigenvalue weighted by molar-refractivity contribution is 7.89. The summed E-state index contributed by atoms with van der Waals surface area (Å²) in [5.41, 5.74) is 9.98. The number of anilines is 1. The van der Waals surface area contributed by atoms with E-state index in [1.165, 1.54) is 48.5 Å². The van der Waals surface area contributed by atoms with Gasteiger partial charge in [-0.1, -0.05) is 24.3 Å². The van der Waals surface area contributed by atoms with Crippen molar-refractivity contribution in [2.75, 3.05) is 5.73 Å². The van der Waals surface area contributed by atoms with Gasteiger partial charge in [-0.05, 0) is 89.2 Å². The average Bonchev–Trinajstić information content (AvgIpc) is 3.28. The Kier molecular flexibility index (Phi) is 7.79. The third kappa shape index (κ3) is 6.55. The largest absolute Gasteiger partial charge is 0.384 e. The fraction of sp³-hybridized carbons (Fsp3) is 0.161. The van der Waals surface area contributed by atoms with Gasteiger partial charge in [-0.25, -0.2) is 31.7 Å². The maximum absolute atomic E-state index is 14.1. The molecule has 0 spiro atoms. The number of hydrogen-bond acceptors (Lipinski definition) is 5. The van der Waals surface area contributed by atoms with Crippen LogP contribution in [-0.2, 0) is 27.7 Å². The topological polar surface area (TPSA) is 116 Å². The molecule has 1 aliphatic rings. The lowest BCUT2D eigenvalue weighted by atomic mass is 9.85. The third-order valence-corrected chi connectivity index (χ3v) is 7.97. The summed E-state index contributed by atoms with van der Waals surface area (Å²) < 4.78 is 66.1. The number of allylic oxidation sites excluding steroid dienone is 2.